The van der Waals surface area contributed by atoms with Crippen LogP contribution in [-0.2, 0) is 0 Å². The van der Waals surface area contributed by atoms with E-state index in [4.69, 9.17) is 12.2 Å². The maximum atomic E-state index is 11.2. The van der Waals surface area contributed by atoms with Crippen LogP contribution in [0.3, 0.4) is 0 Å². The van der Waals surface area contributed by atoms with E-state index in [1.54, 1.807) is 12.1 Å². The number of thiocarbonyl (C=S) groups is 1. The summed E-state index contributed by atoms with van der Waals surface area (Å²) in [6.07, 6.45) is 3.97. The van der Waals surface area contributed by atoms with E-state index < -0.39 is 5.97 Å². The molecule has 2 N–H and O–H groups in total. The minimum Gasteiger partial charge on any atom is -0.478 e. The average Bonchev–Trinajstić information content (AvgIpc) is 3.27. The molecule has 1 saturated heterocycles. The van der Waals surface area contributed by atoms with Gasteiger partial charge in [-0.15, -0.1) is 0 Å². The van der Waals surface area contributed by atoms with Gasteiger partial charge in [0.25, 0.3) is 0 Å². The number of hydrogen-bond donors (Lipinski definition) is 2. The van der Waals surface area contributed by atoms with Crippen LogP contribution in [0.15, 0.2) is 54.7 Å². The average molecular weight is 449 g/mol. The highest BCUT2D eigenvalue weighted by atomic mass is 32.1. The van der Waals surface area contributed by atoms with Gasteiger partial charge in [0.15, 0.2) is 5.11 Å². The maximum Gasteiger partial charge on any atom is 0.335 e. The van der Waals surface area contributed by atoms with Gasteiger partial charge in [0.2, 0.25) is 0 Å². The molecule has 166 valence electrons. The number of carboxylic acids is 1. The van der Waals surface area contributed by atoms with Crippen LogP contribution >= 0.6 is 12.2 Å². The van der Waals surface area contributed by atoms with Crippen molar-refractivity contribution in [2.24, 2.45) is 0 Å². The summed E-state index contributed by atoms with van der Waals surface area (Å²) in [7, 11) is 0. The normalized spacial score (nSPS) is 18.1. The zero-order valence-electron chi connectivity index (χ0n) is 18.6. The Morgan fingerprint density at radius 1 is 1.19 bits per heavy atom. The Bertz CT molecular complexity index is 1120. The Morgan fingerprint density at radius 2 is 1.94 bits per heavy atom. The van der Waals surface area contributed by atoms with E-state index in [0.717, 1.165) is 47.3 Å². The van der Waals surface area contributed by atoms with E-state index in [-0.39, 0.29) is 17.6 Å². The van der Waals surface area contributed by atoms with Crippen molar-refractivity contribution >= 4 is 23.3 Å². The minimum absolute atomic E-state index is 0.0298. The number of aromatic carboxylic acids is 1. The largest absolute Gasteiger partial charge is 0.478 e. The number of rotatable bonds is 7. The van der Waals surface area contributed by atoms with Gasteiger partial charge in [-0.1, -0.05) is 19.4 Å². The Labute approximate surface area is 193 Å². The fraction of sp³-hybridized carbons (Fsp3) is 0.320. The quantitative estimate of drug-likeness (QED) is 0.498. The van der Waals surface area contributed by atoms with E-state index in [9.17, 15) is 9.90 Å². The molecule has 4 rings (SSSR count). The zero-order chi connectivity index (χ0) is 22.8. The van der Waals surface area contributed by atoms with Crippen LogP contribution in [0.1, 0.15) is 64.9 Å². The van der Waals surface area contributed by atoms with Gasteiger partial charge in [-0.2, -0.15) is 0 Å². The minimum atomic E-state index is -0.923. The van der Waals surface area contributed by atoms with E-state index in [0.29, 0.717) is 0 Å². The van der Waals surface area contributed by atoms with Gasteiger partial charge >= 0.3 is 5.97 Å². The van der Waals surface area contributed by atoms with Gasteiger partial charge in [0.05, 0.1) is 23.3 Å². The fourth-order valence-corrected chi connectivity index (χ4v) is 4.88. The summed E-state index contributed by atoms with van der Waals surface area (Å²) >= 11 is 5.75. The van der Waals surface area contributed by atoms with Crippen LogP contribution < -0.4 is 5.32 Å². The van der Waals surface area contributed by atoms with Crippen LogP contribution in [0.2, 0.25) is 0 Å². The van der Waals surface area contributed by atoms with Crippen molar-refractivity contribution in [1.82, 2.24) is 19.8 Å². The maximum absolute atomic E-state index is 11.2. The highest BCUT2D eigenvalue weighted by Gasteiger charge is 2.41. The first-order valence-electron chi connectivity index (χ1n) is 10.9. The first kappa shape index (κ1) is 22.0. The number of aromatic nitrogens is 2. The number of nitrogens with one attached hydrogen (secondary N) is 1. The van der Waals surface area contributed by atoms with Gasteiger partial charge in [-0.25, -0.2) is 4.79 Å². The van der Waals surface area contributed by atoms with Gasteiger partial charge in [-0.3, -0.25) is 4.98 Å². The molecule has 0 saturated carbocycles. The molecule has 0 spiro atoms. The van der Waals surface area contributed by atoms with E-state index in [1.165, 1.54) is 5.56 Å². The molecule has 3 heterocycles. The summed E-state index contributed by atoms with van der Waals surface area (Å²) in [5.41, 5.74) is 5.60. The smallest absolute Gasteiger partial charge is 0.335 e. The number of pyridine rings is 1. The number of benzene rings is 1. The molecule has 0 radical (unpaired) electrons. The number of unbranched alkanes of at least 4 members (excludes halogenated alkanes) is 1. The summed E-state index contributed by atoms with van der Waals surface area (Å²) in [4.78, 5) is 18.2. The van der Waals surface area contributed by atoms with Gasteiger partial charge in [0.1, 0.15) is 0 Å². The molecule has 1 aliphatic heterocycles. The first-order chi connectivity index (χ1) is 15.4. The number of carboxylic acid groups (broad SMARTS) is 1. The van der Waals surface area contributed by atoms with Crippen LogP contribution in [-0.4, -0.2) is 37.2 Å². The zero-order valence-corrected chi connectivity index (χ0v) is 19.4. The highest BCUT2D eigenvalue weighted by Crippen LogP contribution is 2.41. The fourth-order valence-electron chi connectivity index (χ4n) is 4.55. The molecule has 32 heavy (non-hydrogen) atoms. The van der Waals surface area contributed by atoms with E-state index in [2.05, 4.69) is 46.6 Å². The van der Waals surface area contributed by atoms with Gasteiger partial charge in [0, 0.05) is 29.8 Å². The van der Waals surface area contributed by atoms with E-state index in [1.807, 2.05) is 36.5 Å². The van der Waals surface area contributed by atoms with Crippen molar-refractivity contribution in [1.29, 1.82) is 0 Å². The second kappa shape index (κ2) is 9.12. The third kappa shape index (κ3) is 4.00. The molecule has 0 amide bonds. The van der Waals surface area contributed by atoms with Crippen LogP contribution in [0.25, 0.3) is 5.69 Å². The summed E-state index contributed by atoms with van der Waals surface area (Å²) in [5.74, 6) is -0.923. The molecule has 2 atom stereocenters. The van der Waals surface area contributed by atoms with Gasteiger partial charge < -0.3 is 19.9 Å². The number of carbonyl (C=O) groups is 1. The van der Waals surface area contributed by atoms with Crippen molar-refractivity contribution in [2.75, 3.05) is 6.54 Å². The predicted octanol–water partition coefficient (Wildman–Crippen LogP) is 4.96. The van der Waals surface area contributed by atoms with Crippen molar-refractivity contribution < 1.29 is 9.90 Å². The van der Waals surface area contributed by atoms with Crippen LogP contribution in [0.5, 0.6) is 0 Å². The van der Waals surface area contributed by atoms with Crippen molar-refractivity contribution in [3.63, 3.8) is 0 Å². The summed E-state index contributed by atoms with van der Waals surface area (Å²) < 4.78 is 2.18. The molecular formula is C25H28N4O2S. The summed E-state index contributed by atoms with van der Waals surface area (Å²) in [6.45, 7) is 7.26. The Hall–Kier alpha value is -3.19. The molecule has 6 nitrogen and oxygen atoms in total. The summed E-state index contributed by atoms with van der Waals surface area (Å²) in [6, 6.07) is 15.2. The molecule has 1 fully saturated rings. The lowest BCUT2D eigenvalue weighted by Gasteiger charge is -2.28. The number of nitrogens with zero attached hydrogens (tertiary/aromatic N) is 3. The predicted molar refractivity (Wildman–Crippen MR) is 129 cm³/mol. The van der Waals surface area contributed by atoms with Crippen LogP contribution in [0, 0.1) is 13.8 Å². The van der Waals surface area contributed by atoms with Crippen LogP contribution in [0.4, 0.5) is 0 Å². The van der Waals surface area contributed by atoms with E-state index >= 15 is 0 Å². The van der Waals surface area contributed by atoms with Crippen molar-refractivity contribution in [2.45, 2.75) is 45.7 Å². The molecular weight excluding hydrogens is 420 g/mol. The lowest BCUT2D eigenvalue weighted by Crippen LogP contribution is -2.30. The molecule has 2 unspecified atom stereocenters. The third-order valence-electron chi connectivity index (χ3n) is 6.11. The topological polar surface area (TPSA) is 70.4 Å². The molecule has 0 bridgehead atoms. The summed E-state index contributed by atoms with van der Waals surface area (Å²) in [5, 5.41) is 13.5. The monoisotopic (exact) mass is 448 g/mol. The Kier molecular flexibility index (Phi) is 6.28. The Balaban J connectivity index is 1.79. The Morgan fingerprint density at radius 3 is 2.56 bits per heavy atom. The molecule has 3 aromatic rings. The van der Waals surface area contributed by atoms with Crippen molar-refractivity contribution in [3.05, 3.63) is 82.9 Å². The molecule has 1 aliphatic rings. The first-order valence-corrected chi connectivity index (χ1v) is 11.3. The second-order valence-electron chi connectivity index (χ2n) is 8.19. The molecule has 1 aromatic carbocycles. The lowest BCUT2D eigenvalue weighted by molar-refractivity contribution is 0.0697. The SMILES string of the molecule is CCCCN1C(=S)NC(c2ccccn2)C1c1cc(C)n(-c2ccc(C(=O)O)cc2)c1C. The van der Waals surface area contributed by atoms with Crippen molar-refractivity contribution in [3.8, 4) is 5.69 Å². The van der Waals surface area contributed by atoms with Gasteiger partial charge in [-0.05, 0) is 80.5 Å². The second-order valence-corrected chi connectivity index (χ2v) is 8.57. The third-order valence-corrected chi connectivity index (χ3v) is 6.46. The number of aryl methyl sites for hydroxylation is 1. The lowest BCUT2D eigenvalue weighted by atomic mass is 9.96. The molecule has 2 aromatic heterocycles. The standard InChI is InChI=1S/C25H28N4O2S/c1-4-5-14-28-23(22(27-25(28)32)21-8-6-7-13-26-21)20-15-16(2)29(17(20)3)19-11-9-18(10-12-19)24(30)31/h6-13,15,22-23H,4-5,14H2,1-3H3,(H,27,32)(H,30,31). The highest BCUT2D eigenvalue weighted by molar-refractivity contribution is 7.80. The number of hydrogen-bond acceptors (Lipinski definition) is 3. The molecule has 7 heteroatoms. The molecule has 0 aliphatic carbocycles.